The molecule has 2 heteroatoms. The Morgan fingerprint density at radius 1 is 1.54 bits per heavy atom. The van der Waals surface area contributed by atoms with Crippen LogP contribution in [0.5, 0.6) is 0 Å². The molecule has 0 saturated heterocycles. The summed E-state index contributed by atoms with van der Waals surface area (Å²) in [7, 11) is 0. The smallest absolute Gasteiger partial charge is 0.152 e. The summed E-state index contributed by atoms with van der Waals surface area (Å²) in [5, 5.41) is 0. The highest BCUT2D eigenvalue weighted by molar-refractivity contribution is 5.87. The van der Waals surface area contributed by atoms with Gasteiger partial charge in [-0.2, -0.15) is 0 Å². The molecule has 0 radical (unpaired) electrons. The summed E-state index contributed by atoms with van der Waals surface area (Å²) in [6.45, 7) is 3.94. The molecule has 0 aromatic carbocycles. The third-order valence-electron chi connectivity index (χ3n) is 3.11. The lowest BCUT2D eigenvalue weighted by Crippen LogP contribution is -2.45. The average Bonchev–Trinajstić information content (AvgIpc) is 1.96. The van der Waals surface area contributed by atoms with Crippen LogP contribution in [0.1, 0.15) is 52.4 Å². The van der Waals surface area contributed by atoms with E-state index in [9.17, 15) is 4.79 Å². The van der Waals surface area contributed by atoms with E-state index in [-0.39, 0.29) is 5.78 Å². The van der Waals surface area contributed by atoms with Gasteiger partial charge in [-0.25, -0.2) is 0 Å². The molecule has 1 fully saturated rings. The highest BCUT2D eigenvalue weighted by atomic mass is 16.1. The van der Waals surface area contributed by atoms with Gasteiger partial charge in [-0.3, -0.25) is 4.79 Å². The van der Waals surface area contributed by atoms with Crippen molar-refractivity contribution in [3.05, 3.63) is 0 Å². The number of rotatable bonds is 5. The Kier molecular flexibility index (Phi) is 3.48. The third-order valence-corrected chi connectivity index (χ3v) is 3.11. The van der Waals surface area contributed by atoms with Crippen molar-refractivity contribution in [1.29, 1.82) is 0 Å². The number of carbonyl (C=O) groups is 1. The van der Waals surface area contributed by atoms with Gasteiger partial charge in [0.25, 0.3) is 0 Å². The van der Waals surface area contributed by atoms with E-state index in [0.29, 0.717) is 12.3 Å². The fourth-order valence-corrected chi connectivity index (χ4v) is 1.85. The van der Waals surface area contributed by atoms with Gasteiger partial charge in [-0.1, -0.05) is 32.6 Å². The van der Waals surface area contributed by atoms with E-state index in [1.54, 1.807) is 0 Å². The van der Waals surface area contributed by atoms with Gasteiger partial charge < -0.3 is 5.73 Å². The lowest BCUT2D eigenvalue weighted by molar-refractivity contribution is -0.125. The summed E-state index contributed by atoms with van der Waals surface area (Å²) in [6, 6.07) is 0. The minimum absolute atomic E-state index is 0.263. The second-order valence-electron chi connectivity index (χ2n) is 4.59. The predicted octanol–water partition coefficient (Wildman–Crippen LogP) is 2.26. The zero-order chi connectivity index (χ0) is 9.90. The lowest BCUT2D eigenvalue weighted by Gasteiger charge is -2.29. The molecule has 1 saturated carbocycles. The number of hydrogen-bond donors (Lipinski definition) is 1. The standard InChI is InChI=1S/C11H21NO/c1-3-7-11(2,12)10(13)8-9-5-4-6-9/h9H,3-8,12H2,1-2H3. The molecule has 13 heavy (non-hydrogen) atoms. The van der Waals surface area contributed by atoms with Crippen LogP contribution in [0.15, 0.2) is 0 Å². The van der Waals surface area contributed by atoms with E-state index in [4.69, 9.17) is 5.73 Å². The molecule has 2 N–H and O–H groups in total. The van der Waals surface area contributed by atoms with Crippen LogP contribution in [0.25, 0.3) is 0 Å². The first-order chi connectivity index (χ1) is 6.06. The largest absolute Gasteiger partial charge is 0.319 e. The fraction of sp³-hybridized carbons (Fsp3) is 0.909. The van der Waals surface area contributed by atoms with Crippen LogP contribution in [-0.4, -0.2) is 11.3 Å². The molecule has 0 aliphatic heterocycles. The highest BCUT2D eigenvalue weighted by Crippen LogP contribution is 2.31. The molecule has 0 spiro atoms. The number of ketones is 1. The van der Waals surface area contributed by atoms with E-state index in [1.807, 2.05) is 6.92 Å². The van der Waals surface area contributed by atoms with Crippen molar-refractivity contribution in [2.75, 3.05) is 0 Å². The van der Waals surface area contributed by atoms with Gasteiger partial charge in [0.05, 0.1) is 5.54 Å². The monoisotopic (exact) mass is 183 g/mol. The Balaban J connectivity index is 2.35. The molecule has 2 nitrogen and oxygen atoms in total. The molecule has 0 bridgehead atoms. The number of carbonyl (C=O) groups excluding carboxylic acids is 1. The Labute approximate surface area is 80.9 Å². The lowest BCUT2D eigenvalue weighted by atomic mass is 9.78. The van der Waals surface area contributed by atoms with Crippen molar-refractivity contribution in [2.45, 2.75) is 57.9 Å². The predicted molar refractivity (Wildman–Crippen MR) is 54.5 cm³/mol. The first-order valence-electron chi connectivity index (χ1n) is 5.38. The average molecular weight is 183 g/mol. The van der Waals surface area contributed by atoms with Gasteiger partial charge >= 0.3 is 0 Å². The number of nitrogens with two attached hydrogens (primary N) is 1. The molecule has 1 rings (SSSR count). The molecule has 1 aliphatic carbocycles. The fourth-order valence-electron chi connectivity index (χ4n) is 1.85. The molecular weight excluding hydrogens is 162 g/mol. The van der Waals surface area contributed by atoms with Crippen molar-refractivity contribution in [2.24, 2.45) is 11.7 Å². The summed E-state index contributed by atoms with van der Waals surface area (Å²) in [5.41, 5.74) is 5.38. The maximum Gasteiger partial charge on any atom is 0.152 e. The zero-order valence-corrected chi connectivity index (χ0v) is 8.81. The summed E-state index contributed by atoms with van der Waals surface area (Å²) in [6.07, 6.45) is 6.28. The van der Waals surface area contributed by atoms with Crippen molar-refractivity contribution in [3.63, 3.8) is 0 Å². The molecular formula is C11H21NO. The van der Waals surface area contributed by atoms with Crippen LogP contribution in [0.4, 0.5) is 0 Å². The van der Waals surface area contributed by atoms with Gasteiger partial charge in [0, 0.05) is 6.42 Å². The molecule has 76 valence electrons. The van der Waals surface area contributed by atoms with Crippen LogP contribution in [0, 0.1) is 5.92 Å². The minimum atomic E-state index is -0.565. The Hall–Kier alpha value is -0.370. The van der Waals surface area contributed by atoms with E-state index in [2.05, 4.69) is 6.92 Å². The quantitative estimate of drug-likeness (QED) is 0.710. The second-order valence-corrected chi connectivity index (χ2v) is 4.59. The molecule has 1 aliphatic rings. The number of hydrogen-bond acceptors (Lipinski definition) is 2. The van der Waals surface area contributed by atoms with Gasteiger partial charge in [-0.05, 0) is 19.3 Å². The third kappa shape index (κ3) is 2.80. The first-order valence-corrected chi connectivity index (χ1v) is 5.38. The normalized spacial score (nSPS) is 22.1. The van der Waals surface area contributed by atoms with Gasteiger partial charge in [-0.15, -0.1) is 0 Å². The van der Waals surface area contributed by atoms with E-state index >= 15 is 0 Å². The molecule has 0 amide bonds. The number of Topliss-reactive ketones (excluding diaryl/α,β-unsaturated/α-hetero) is 1. The Morgan fingerprint density at radius 2 is 2.15 bits per heavy atom. The minimum Gasteiger partial charge on any atom is -0.319 e. The van der Waals surface area contributed by atoms with Crippen LogP contribution in [-0.2, 0) is 4.79 Å². The van der Waals surface area contributed by atoms with E-state index in [1.165, 1.54) is 19.3 Å². The van der Waals surface area contributed by atoms with Crippen molar-refractivity contribution in [1.82, 2.24) is 0 Å². The van der Waals surface area contributed by atoms with Crippen molar-refractivity contribution < 1.29 is 4.79 Å². The van der Waals surface area contributed by atoms with E-state index < -0.39 is 5.54 Å². The van der Waals surface area contributed by atoms with Crippen LogP contribution in [0.2, 0.25) is 0 Å². The van der Waals surface area contributed by atoms with Crippen LogP contribution < -0.4 is 5.73 Å². The SMILES string of the molecule is CCCC(C)(N)C(=O)CC1CCC1. The summed E-state index contributed by atoms with van der Waals surface area (Å²) in [4.78, 5) is 11.7. The zero-order valence-electron chi connectivity index (χ0n) is 8.81. The van der Waals surface area contributed by atoms with Gasteiger partial charge in [0.1, 0.15) is 0 Å². The first kappa shape index (κ1) is 10.7. The van der Waals surface area contributed by atoms with Crippen LogP contribution >= 0.6 is 0 Å². The maximum atomic E-state index is 11.7. The summed E-state index contributed by atoms with van der Waals surface area (Å²) in [5.74, 6) is 0.909. The Morgan fingerprint density at radius 3 is 2.54 bits per heavy atom. The van der Waals surface area contributed by atoms with Crippen molar-refractivity contribution >= 4 is 5.78 Å². The maximum absolute atomic E-state index is 11.7. The van der Waals surface area contributed by atoms with Gasteiger partial charge in [0.2, 0.25) is 0 Å². The topological polar surface area (TPSA) is 43.1 Å². The summed E-state index contributed by atoms with van der Waals surface area (Å²) < 4.78 is 0. The molecule has 0 heterocycles. The van der Waals surface area contributed by atoms with E-state index in [0.717, 1.165) is 12.8 Å². The Bertz CT molecular complexity index is 183. The van der Waals surface area contributed by atoms with Crippen molar-refractivity contribution in [3.8, 4) is 0 Å². The van der Waals surface area contributed by atoms with Crippen LogP contribution in [0.3, 0.4) is 0 Å². The highest BCUT2D eigenvalue weighted by Gasteiger charge is 2.30. The molecule has 0 aromatic rings. The molecule has 1 unspecified atom stereocenters. The second kappa shape index (κ2) is 4.23. The summed E-state index contributed by atoms with van der Waals surface area (Å²) >= 11 is 0. The van der Waals surface area contributed by atoms with Gasteiger partial charge in [0.15, 0.2) is 5.78 Å². The molecule has 0 aromatic heterocycles. The molecule has 1 atom stereocenters.